The largest absolute Gasteiger partial charge is 0.481 e. The molecule has 7 nitrogen and oxygen atoms in total. The fourth-order valence-electron chi connectivity index (χ4n) is 5.25. The molecule has 1 aliphatic carbocycles. The van der Waals surface area contributed by atoms with Crippen LogP contribution in [-0.4, -0.2) is 48.6 Å². The highest BCUT2D eigenvalue weighted by Crippen LogP contribution is 2.42. The van der Waals surface area contributed by atoms with Gasteiger partial charge in [0.2, 0.25) is 10.0 Å². The van der Waals surface area contributed by atoms with Gasteiger partial charge in [-0.1, -0.05) is 50.2 Å². The van der Waals surface area contributed by atoms with Crippen molar-refractivity contribution in [3.8, 4) is 11.3 Å². The maximum Gasteiger partial charge on any atom is 0.303 e. The molecule has 0 radical (unpaired) electrons. The Kier molecular flexibility index (Phi) is 9.69. The number of carbonyl (C=O) groups is 1. The van der Waals surface area contributed by atoms with Crippen molar-refractivity contribution in [2.45, 2.75) is 71.4 Å². The van der Waals surface area contributed by atoms with E-state index in [0.29, 0.717) is 16.3 Å². The molecule has 0 amide bonds. The zero-order valence-corrected chi connectivity index (χ0v) is 25.6. The molecule has 9 heteroatoms. The van der Waals surface area contributed by atoms with Gasteiger partial charge in [-0.25, -0.2) is 13.4 Å². The van der Waals surface area contributed by atoms with E-state index in [1.54, 1.807) is 0 Å². The number of aliphatic carboxylic acids is 1. The lowest BCUT2D eigenvalue weighted by molar-refractivity contribution is -0.137. The molecular formula is C31H41N3O4S2. The van der Waals surface area contributed by atoms with Crippen molar-refractivity contribution in [2.75, 3.05) is 24.7 Å². The lowest BCUT2D eigenvalue weighted by atomic mass is 9.71. The normalized spacial score (nSPS) is 15.8. The van der Waals surface area contributed by atoms with E-state index in [-0.39, 0.29) is 25.1 Å². The summed E-state index contributed by atoms with van der Waals surface area (Å²) >= 11 is 1.42. The second-order valence-electron chi connectivity index (χ2n) is 11.8. The van der Waals surface area contributed by atoms with E-state index in [4.69, 9.17) is 5.11 Å². The van der Waals surface area contributed by atoms with Crippen LogP contribution in [0.15, 0.2) is 53.9 Å². The summed E-state index contributed by atoms with van der Waals surface area (Å²) in [7, 11) is 0.0708. The predicted octanol–water partition coefficient (Wildman–Crippen LogP) is 6.76. The van der Waals surface area contributed by atoms with E-state index in [2.05, 4.69) is 67.2 Å². The Labute approximate surface area is 242 Å². The van der Waals surface area contributed by atoms with E-state index < -0.39 is 16.0 Å². The van der Waals surface area contributed by atoms with Crippen molar-refractivity contribution < 1.29 is 18.3 Å². The molecule has 40 heavy (non-hydrogen) atoms. The van der Waals surface area contributed by atoms with Crippen LogP contribution in [0.25, 0.3) is 11.3 Å². The van der Waals surface area contributed by atoms with Crippen LogP contribution < -0.4 is 4.90 Å². The minimum absolute atomic E-state index is 0.0936. The van der Waals surface area contributed by atoms with E-state index in [0.717, 1.165) is 23.5 Å². The van der Waals surface area contributed by atoms with Crippen LogP contribution in [0.4, 0.5) is 5.69 Å². The van der Waals surface area contributed by atoms with Crippen molar-refractivity contribution in [3.05, 3.63) is 70.0 Å². The van der Waals surface area contributed by atoms with Crippen LogP contribution in [-0.2, 0) is 27.9 Å². The number of carboxylic acids is 1. The number of rotatable bonds is 12. The molecule has 0 aliphatic heterocycles. The summed E-state index contributed by atoms with van der Waals surface area (Å²) < 4.78 is 26.1. The molecule has 4 rings (SSSR count). The topological polar surface area (TPSA) is 90.8 Å². The molecule has 1 fully saturated rings. The predicted molar refractivity (Wildman–Crippen MR) is 163 cm³/mol. The first-order chi connectivity index (χ1) is 18.9. The third-order valence-electron chi connectivity index (χ3n) is 7.99. The smallest absolute Gasteiger partial charge is 0.303 e. The summed E-state index contributed by atoms with van der Waals surface area (Å²) in [6, 6.07) is 17.4. The van der Waals surface area contributed by atoms with Crippen molar-refractivity contribution in [1.29, 1.82) is 0 Å². The molecule has 2 aromatic carbocycles. The molecule has 216 valence electrons. The summed E-state index contributed by atoms with van der Waals surface area (Å²) in [4.78, 5) is 17.6. The highest BCUT2D eigenvalue weighted by Gasteiger charge is 2.27. The summed E-state index contributed by atoms with van der Waals surface area (Å²) in [5, 5.41) is 11.4. The zero-order valence-electron chi connectivity index (χ0n) is 24.0. The van der Waals surface area contributed by atoms with Crippen LogP contribution in [0.3, 0.4) is 0 Å². The second-order valence-corrected chi connectivity index (χ2v) is 14.9. The summed E-state index contributed by atoms with van der Waals surface area (Å²) in [5.41, 5.74) is 6.15. The zero-order chi connectivity index (χ0) is 28.9. The molecule has 0 bridgehead atoms. The van der Waals surface area contributed by atoms with Gasteiger partial charge < -0.3 is 10.0 Å². The molecule has 1 N–H and O–H groups in total. The Morgan fingerprint density at radius 2 is 1.68 bits per heavy atom. The number of nitrogens with zero attached hydrogens (tertiary/aromatic N) is 3. The molecule has 1 heterocycles. The average molecular weight is 584 g/mol. The maximum atomic E-state index is 12.4. The quantitative estimate of drug-likeness (QED) is 0.253. The number of benzene rings is 2. The lowest BCUT2D eigenvalue weighted by Crippen LogP contribution is -2.29. The van der Waals surface area contributed by atoms with Gasteiger partial charge in [0.1, 0.15) is 5.01 Å². The monoisotopic (exact) mass is 583 g/mol. The van der Waals surface area contributed by atoms with Gasteiger partial charge in [0.15, 0.2) is 0 Å². The maximum absolute atomic E-state index is 12.4. The fourth-order valence-corrected chi connectivity index (χ4v) is 7.32. The average Bonchev–Trinajstić information content (AvgIpc) is 3.37. The van der Waals surface area contributed by atoms with Crippen molar-refractivity contribution >= 4 is 33.0 Å². The van der Waals surface area contributed by atoms with Gasteiger partial charge in [0.05, 0.1) is 18.0 Å². The molecule has 0 saturated heterocycles. The summed E-state index contributed by atoms with van der Waals surface area (Å²) in [5.74, 6) is -0.494. The number of anilines is 1. The van der Waals surface area contributed by atoms with Crippen molar-refractivity contribution in [3.63, 3.8) is 0 Å². The van der Waals surface area contributed by atoms with Gasteiger partial charge in [-0.05, 0) is 66.7 Å². The summed E-state index contributed by atoms with van der Waals surface area (Å²) in [6.07, 6.45) is 5.10. The van der Waals surface area contributed by atoms with Gasteiger partial charge in [-0.3, -0.25) is 4.79 Å². The van der Waals surface area contributed by atoms with Gasteiger partial charge >= 0.3 is 5.97 Å². The van der Waals surface area contributed by atoms with E-state index in [9.17, 15) is 13.2 Å². The third-order valence-corrected chi connectivity index (χ3v) is 10.7. The molecule has 1 aliphatic rings. The molecule has 0 spiro atoms. The second kappa shape index (κ2) is 12.8. The Balaban J connectivity index is 1.31. The molecule has 0 unspecified atom stereocenters. The Morgan fingerprint density at radius 3 is 2.30 bits per heavy atom. The summed E-state index contributed by atoms with van der Waals surface area (Å²) in [6.45, 7) is 5.76. The van der Waals surface area contributed by atoms with Crippen LogP contribution >= 0.6 is 11.3 Å². The van der Waals surface area contributed by atoms with Crippen molar-refractivity contribution in [1.82, 2.24) is 9.29 Å². The molecule has 0 atom stereocenters. The lowest BCUT2D eigenvalue weighted by Gasteiger charge is -2.34. The Bertz CT molecular complexity index is 1370. The van der Waals surface area contributed by atoms with Gasteiger partial charge in [0.25, 0.3) is 0 Å². The number of carboxylic acid groups (broad SMARTS) is 1. The SMILES string of the molecule is CN(Cc1ccc(C2CCC(C)(C)CC2)cc1)c1ccc(-c2csc(CN(C)S(=O)(=O)CCCC(=O)O)n2)cc1. The first kappa shape index (κ1) is 30.2. The fraction of sp³-hybridized carbons (Fsp3) is 0.484. The highest BCUT2D eigenvalue weighted by atomic mass is 32.2. The molecule has 1 aromatic heterocycles. The van der Waals surface area contributed by atoms with Crippen LogP contribution in [0.1, 0.15) is 74.4 Å². The highest BCUT2D eigenvalue weighted by molar-refractivity contribution is 7.89. The van der Waals surface area contributed by atoms with Crippen LogP contribution in [0, 0.1) is 5.41 Å². The third kappa shape index (κ3) is 8.15. The first-order valence-corrected chi connectivity index (χ1v) is 16.4. The number of hydrogen-bond acceptors (Lipinski definition) is 6. The van der Waals surface area contributed by atoms with Gasteiger partial charge in [0, 0.05) is 43.7 Å². The van der Waals surface area contributed by atoms with Gasteiger partial charge in [-0.15, -0.1) is 11.3 Å². The van der Waals surface area contributed by atoms with Crippen LogP contribution in [0.5, 0.6) is 0 Å². The molecule has 3 aromatic rings. The van der Waals surface area contributed by atoms with Gasteiger partial charge in [-0.2, -0.15) is 4.31 Å². The number of aromatic nitrogens is 1. The molecular weight excluding hydrogens is 542 g/mol. The first-order valence-electron chi connectivity index (χ1n) is 13.9. The van der Waals surface area contributed by atoms with E-state index in [1.807, 2.05) is 17.5 Å². The van der Waals surface area contributed by atoms with E-state index >= 15 is 0 Å². The van der Waals surface area contributed by atoms with Crippen molar-refractivity contribution in [2.24, 2.45) is 5.41 Å². The minimum atomic E-state index is -3.53. The molecule has 1 saturated carbocycles. The standard InChI is InChI=1S/C31H41N3O4S2/c1-31(2)17-15-25(16-18-31)24-9-7-23(8-10-24)20-33(3)27-13-11-26(12-14-27)28-22-39-29(32-28)21-34(4)40(37,38)19-5-6-30(35)36/h7-14,22,25H,5-6,15-21H2,1-4H3,(H,35,36). The number of sulfonamides is 1. The van der Waals surface area contributed by atoms with E-state index in [1.165, 1.54) is 59.5 Å². The Hall–Kier alpha value is -2.75. The Morgan fingerprint density at radius 1 is 1.02 bits per heavy atom. The number of thiazole rings is 1. The number of hydrogen-bond donors (Lipinski definition) is 1. The van der Waals surface area contributed by atoms with Crippen LogP contribution in [0.2, 0.25) is 0 Å². The minimum Gasteiger partial charge on any atom is -0.481 e.